The highest BCUT2D eigenvalue weighted by molar-refractivity contribution is 5.61. The molecule has 0 atom stereocenters. The van der Waals surface area contributed by atoms with Crippen LogP contribution >= 0.6 is 0 Å². The van der Waals surface area contributed by atoms with E-state index in [1.807, 2.05) is 37.3 Å². The van der Waals surface area contributed by atoms with Crippen LogP contribution in [0.2, 0.25) is 0 Å². The number of hydrogen-bond donors (Lipinski definition) is 2. The number of rotatable bonds is 5. The summed E-state index contributed by atoms with van der Waals surface area (Å²) < 4.78 is 0. The number of nitriles is 1. The molecule has 2 heterocycles. The van der Waals surface area contributed by atoms with E-state index in [9.17, 15) is 0 Å². The third kappa shape index (κ3) is 4.05. The summed E-state index contributed by atoms with van der Waals surface area (Å²) >= 11 is 0. The zero-order valence-electron chi connectivity index (χ0n) is 13.2. The number of aromatic nitrogens is 3. The van der Waals surface area contributed by atoms with Crippen LogP contribution in [0.25, 0.3) is 0 Å². The summed E-state index contributed by atoms with van der Waals surface area (Å²) in [5.74, 6) is 2.07. The molecule has 24 heavy (non-hydrogen) atoms. The molecule has 3 rings (SSSR count). The minimum Gasteiger partial charge on any atom is -0.366 e. The predicted molar refractivity (Wildman–Crippen MR) is 92.8 cm³/mol. The number of anilines is 3. The van der Waals surface area contributed by atoms with Crippen molar-refractivity contribution >= 4 is 17.3 Å². The number of benzene rings is 1. The quantitative estimate of drug-likeness (QED) is 0.750. The van der Waals surface area contributed by atoms with Gasteiger partial charge in [-0.15, -0.1) is 0 Å². The van der Waals surface area contributed by atoms with Crippen molar-refractivity contribution in [1.82, 2.24) is 15.0 Å². The summed E-state index contributed by atoms with van der Waals surface area (Å²) in [7, 11) is 0. The monoisotopic (exact) mass is 316 g/mol. The number of nitrogens with zero attached hydrogens (tertiary/aromatic N) is 4. The van der Waals surface area contributed by atoms with Crippen LogP contribution in [-0.2, 0) is 6.54 Å². The summed E-state index contributed by atoms with van der Waals surface area (Å²) in [5, 5.41) is 15.5. The number of aryl methyl sites for hydroxylation is 1. The predicted octanol–water partition coefficient (Wildman–Crippen LogP) is 3.41. The van der Waals surface area contributed by atoms with Gasteiger partial charge >= 0.3 is 0 Å². The van der Waals surface area contributed by atoms with Crippen LogP contribution in [-0.4, -0.2) is 15.0 Å². The first-order valence-electron chi connectivity index (χ1n) is 7.48. The summed E-state index contributed by atoms with van der Waals surface area (Å²) in [5.41, 5.74) is 2.53. The van der Waals surface area contributed by atoms with Crippen LogP contribution < -0.4 is 10.6 Å². The normalized spacial score (nSPS) is 10.0. The van der Waals surface area contributed by atoms with Crippen molar-refractivity contribution in [1.29, 1.82) is 5.26 Å². The Morgan fingerprint density at radius 2 is 1.83 bits per heavy atom. The highest BCUT2D eigenvalue weighted by Crippen LogP contribution is 2.18. The molecule has 0 unspecified atom stereocenters. The standard InChI is InChI=1S/C18H16N6/c1-13-22-17(21-12-14-5-7-20-8-6-14)10-18(23-13)24-16-4-2-3-15(9-16)11-19/h2-10H,12H2,1H3,(H2,21,22,23,24). The molecule has 1 aromatic carbocycles. The molecule has 0 aliphatic carbocycles. The van der Waals surface area contributed by atoms with Gasteiger partial charge in [0.25, 0.3) is 0 Å². The van der Waals surface area contributed by atoms with Crippen molar-refractivity contribution < 1.29 is 0 Å². The van der Waals surface area contributed by atoms with E-state index in [1.54, 1.807) is 24.5 Å². The van der Waals surface area contributed by atoms with Crippen molar-refractivity contribution in [2.75, 3.05) is 10.6 Å². The van der Waals surface area contributed by atoms with Gasteiger partial charge in [0.05, 0.1) is 11.6 Å². The zero-order valence-corrected chi connectivity index (χ0v) is 13.2. The molecule has 0 saturated carbocycles. The Balaban J connectivity index is 1.75. The SMILES string of the molecule is Cc1nc(NCc2ccncc2)cc(Nc2cccc(C#N)c2)n1. The molecule has 0 fully saturated rings. The van der Waals surface area contributed by atoms with Crippen LogP contribution in [0.3, 0.4) is 0 Å². The molecule has 0 radical (unpaired) electrons. The fourth-order valence-electron chi connectivity index (χ4n) is 2.23. The third-order valence-electron chi connectivity index (χ3n) is 3.33. The lowest BCUT2D eigenvalue weighted by atomic mass is 10.2. The number of hydrogen-bond acceptors (Lipinski definition) is 6. The van der Waals surface area contributed by atoms with Gasteiger partial charge in [-0.2, -0.15) is 5.26 Å². The topological polar surface area (TPSA) is 86.5 Å². The Morgan fingerprint density at radius 3 is 2.62 bits per heavy atom. The molecule has 6 nitrogen and oxygen atoms in total. The molecule has 118 valence electrons. The second-order valence-corrected chi connectivity index (χ2v) is 5.21. The van der Waals surface area contributed by atoms with E-state index < -0.39 is 0 Å². The molecule has 2 aromatic heterocycles. The lowest BCUT2D eigenvalue weighted by Gasteiger charge is -2.10. The molecule has 0 aliphatic rings. The van der Waals surface area contributed by atoms with Gasteiger partial charge in [0.15, 0.2) is 0 Å². The summed E-state index contributed by atoms with van der Waals surface area (Å²) in [6.45, 7) is 2.50. The van der Waals surface area contributed by atoms with Crippen LogP contribution in [0.4, 0.5) is 17.3 Å². The molecule has 3 aromatic rings. The van der Waals surface area contributed by atoms with Crippen molar-refractivity contribution in [3.05, 3.63) is 71.8 Å². The van der Waals surface area contributed by atoms with E-state index in [4.69, 9.17) is 5.26 Å². The average Bonchev–Trinajstić information content (AvgIpc) is 2.60. The molecule has 0 spiro atoms. The first-order valence-corrected chi connectivity index (χ1v) is 7.48. The van der Waals surface area contributed by atoms with Crippen molar-refractivity contribution in [3.8, 4) is 6.07 Å². The van der Waals surface area contributed by atoms with Crippen LogP contribution in [0.1, 0.15) is 17.0 Å². The van der Waals surface area contributed by atoms with Gasteiger partial charge in [-0.1, -0.05) is 6.07 Å². The Hall–Kier alpha value is -3.46. The van der Waals surface area contributed by atoms with Gasteiger partial charge in [0, 0.05) is 30.7 Å². The summed E-state index contributed by atoms with van der Waals surface area (Å²) in [6, 6.07) is 15.1. The minimum atomic E-state index is 0.599. The van der Waals surface area contributed by atoms with Gasteiger partial charge in [0.1, 0.15) is 17.5 Å². The van der Waals surface area contributed by atoms with E-state index in [0.717, 1.165) is 17.1 Å². The lowest BCUT2D eigenvalue weighted by Crippen LogP contribution is -2.05. The van der Waals surface area contributed by atoms with E-state index in [2.05, 4.69) is 31.7 Å². The van der Waals surface area contributed by atoms with Crippen molar-refractivity contribution in [2.45, 2.75) is 13.5 Å². The highest BCUT2D eigenvalue weighted by Gasteiger charge is 2.03. The Labute approximate surface area is 140 Å². The first-order chi connectivity index (χ1) is 11.7. The van der Waals surface area contributed by atoms with Crippen LogP contribution in [0.5, 0.6) is 0 Å². The molecule has 0 aliphatic heterocycles. The molecular formula is C18H16N6. The van der Waals surface area contributed by atoms with Crippen molar-refractivity contribution in [2.24, 2.45) is 0 Å². The third-order valence-corrected chi connectivity index (χ3v) is 3.33. The first kappa shape index (κ1) is 15.4. The van der Waals surface area contributed by atoms with Crippen molar-refractivity contribution in [3.63, 3.8) is 0 Å². The Kier molecular flexibility index (Phi) is 4.63. The van der Waals surface area contributed by atoms with Gasteiger partial charge in [-0.25, -0.2) is 9.97 Å². The zero-order chi connectivity index (χ0) is 16.8. The molecule has 6 heteroatoms. The number of pyridine rings is 1. The second-order valence-electron chi connectivity index (χ2n) is 5.21. The van der Waals surface area contributed by atoms with Crippen LogP contribution in [0.15, 0.2) is 54.9 Å². The molecular weight excluding hydrogens is 300 g/mol. The lowest BCUT2D eigenvalue weighted by molar-refractivity contribution is 1.02. The Morgan fingerprint density at radius 1 is 1.04 bits per heavy atom. The highest BCUT2D eigenvalue weighted by atomic mass is 15.1. The largest absolute Gasteiger partial charge is 0.366 e. The molecule has 2 N–H and O–H groups in total. The Bertz CT molecular complexity index is 870. The van der Waals surface area contributed by atoms with Crippen LogP contribution in [0, 0.1) is 18.3 Å². The van der Waals surface area contributed by atoms with Gasteiger partial charge in [-0.3, -0.25) is 4.98 Å². The fraction of sp³-hybridized carbons (Fsp3) is 0.111. The number of nitrogens with one attached hydrogen (secondary N) is 2. The summed E-state index contributed by atoms with van der Waals surface area (Å²) in [4.78, 5) is 12.8. The minimum absolute atomic E-state index is 0.599. The van der Waals surface area contributed by atoms with E-state index in [0.29, 0.717) is 23.8 Å². The van der Waals surface area contributed by atoms with E-state index >= 15 is 0 Å². The maximum atomic E-state index is 8.98. The maximum absolute atomic E-state index is 8.98. The van der Waals surface area contributed by atoms with E-state index in [-0.39, 0.29) is 0 Å². The fourth-order valence-corrected chi connectivity index (χ4v) is 2.23. The smallest absolute Gasteiger partial charge is 0.136 e. The molecule has 0 saturated heterocycles. The second kappa shape index (κ2) is 7.20. The van der Waals surface area contributed by atoms with Gasteiger partial charge < -0.3 is 10.6 Å². The maximum Gasteiger partial charge on any atom is 0.136 e. The average molecular weight is 316 g/mol. The molecule has 0 amide bonds. The molecule has 0 bridgehead atoms. The van der Waals surface area contributed by atoms with E-state index in [1.165, 1.54) is 0 Å². The van der Waals surface area contributed by atoms with Gasteiger partial charge in [0.2, 0.25) is 0 Å². The summed E-state index contributed by atoms with van der Waals surface area (Å²) in [6.07, 6.45) is 3.52. The van der Waals surface area contributed by atoms with Gasteiger partial charge in [-0.05, 0) is 42.8 Å².